The van der Waals surface area contributed by atoms with Gasteiger partial charge in [0.25, 0.3) is 0 Å². The first-order valence-electron chi connectivity index (χ1n) is 6.08. The molecule has 1 nitrogen and oxygen atoms in total. The minimum atomic E-state index is 0.273. The van der Waals surface area contributed by atoms with Gasteiger partial charge in [-0.25, -0.2) is 0 Å². The number of Topliss-reactive ketones (excluding diaryl/α,β-unsaturated/α-hetero) is 1. The fourth-order valence-corrected chi connectivity index (χ4v) is 3.74. The standard InChI is InChI=1S/C14H18OS2/c1-16-12-8-6-11(7-9-12)14(15)10-17-13-4-2-3-5-13/h6-9,13H,2-5,10H2,1H3. The average Bonchev–Trinajstić information content (AvgIpc) is 2.89. The van der Waals surface area contributed by atoms with Crippen molar-refractivity contribution in [2.75, 3.05) is 12.0 Å². The van der Waals surface area contributed by atoms with Crippen molar-refractivity contribution in [1.29, 1.82) is 0 Å². The summed E-state index contributed by atoms with van der Waals surface area (Å²) in [5.41, 5.74) is 0.855. The SMILES string of the molecule is CSc1ccc(C(=O)CSC2CCCC2)cc1. The van der Waals surface area contributed by atoms with Crippen LogP contribution < -0.4 is 0 Å². The summed E-state index contributed by atoms with van der Waals surface area (Å²) in [6.07, 6.45) is 7.32. The van der Waals surface area contributed by atoms with Crippen LogP contribution in [0.1, 0.15) is 36.0 Å². The highest BCUT2D eigenvalue weighted by Crippen LogP contribution is 2.29. The van der Waals surface area contributed by atoms with Crippen molar-refractivity contribution in [1.82, 2.24) is 0 Å². The summed E-state index contributed by atoms with van der Waals surface area (Å²) in [6, 6.07) is 7.95. The molecule has 17 heavy (non-hydrogen) atoms. The van der Waals surface area contributed by atoms with E-state index in [1.165, 1.54) is 30.6 Å². The Balaban J connectivity index is 1.85. The Labute approximate surface area is 112 Å². The normalized spacial score (nSPS) is 16.3. The molecule has 0 heterocycles. The lowest BCUT2D eigenvalue weighted by Crippen LogP contribution is -2.06. The molecule has 0 saturated heterocycles. The van der Waals surface area contributed by atoms with Crippen LogP contribution in [-0.2, 0) is 0 Å². The molecule has 0 aromatic heterocycles. The van der Waals surface area contributed by atoms with Crippen molar-refractivity contribution in [3.63, 3.8) is 0 Å². The molecule has 1 aliphatic rings. The van der Waals surface area contributed by atoms with Gasteiger partial charge in [-0.15, -0.1) is 11.8 Å². The van der Waals surface area contributed by atoms with Gasteiger partial charge in [0.2, 0.25) is 0 Å². The molecule has 1 aliphatic carbocycles. The number of carbonyl (C=O) groups excluding carboxylic acids is 1. The van der Waals surface area contributed by atoms with Gasteiger partial charge in [-0.3, -0.25) is 4.79 Å². The zero-order chi connectivity index (χ0) is 12.1. The smallest absolute Gasteiger partial charge is 0.172 e. The molecule has 0 bridgehead atoms. The summed E-state index contributed by atoms with van der Waals surface area (Å²) < 4.78 is 0. The molecule has 0 atom stereocenters. The molecule has 0 spiro atoms. The van der Waals surface area contributed by atoms with Gasteiger partial charge in [0.15, 0.2) is 5.78 Å². The van der Waals surface area contributed by atoms with Gasteiger partial charge in [0.05, 0.1) is 5.75 Å². The monoisotopic (exact) mass is 266 g/mol. The fourth-order valence-electron chi connectivity index (χ4n) is 2.11. The van der Waals surface area contributed by atoms with Crippen LogP contribution in [0, 0.1) is 0 Å². The van der Waals surface area contributed by atoms with Crippen molar-refractivity contribution in [2.45, 2.75) is 35.8 Å². The van der Waals surface area contributed by atoms with Crippen LogP contribution >= 0.6 is 23.5 Å². The van der Waals surface area contributed by atoms with Crippen molar-refractivity contribution in [2.24, 2.45) is 0 Å². The van der Waals surface area contributed by atoms with Crippen LogP contribution in [0.5, 0.6) is 0 Å². The van der Waals surface area contributed by atoms with Gasteiger partial charge in [0, 0.05) is 15.7 Å². The lowest BCUT2D eigenvalue weighted by Gasteiger charge is -2.07. The predicted octanol–water partition coefficient (Wildman–Crippen LogP) is 4.27. The maximum Gasteiger partial charge on any atom is 0.172 e. The number of rotatable bonds is 5. The van der Waals surface area contributed by atoms with E-state index in [1.807, 2.05) is 42.3 Å². The second-order valence-corrected chi connectivity index (χ2v) is 6.54. The van der Waals surface area contributed by atoms with Crippen LogP contribution in [0.25, 0.3) is 0 Å². The number of hydrogen-bond acceptors (Lipinski definition) is 3. The van der Waals surface area contributed by atoms with E-state index in [1.54, 1.807) is 11.8 Å². The first-order chi connectivity index (χ1) is 8.29. The van der Waals surface area contributed by atoms with E-state index in [0.717, 1.165) is 10.8 Å². The second kappa shape index (κ2) is 6.50. The van der Waals surface area contributed by atoms with Gasteiger partial charge in [0.1, 0.15) is 0 Å². The van der Waals surface area contributed by atoms with E-state index in [0.29, 0.717) is 5.75 Å². The van der Waals surface area contributed by atoms with Crippen LogP contribution in [0.4, 0.5) is 0 Å². The summed E-state index contributed by atoms with van der Waals surface area (Å²) in [5.74, 6) is 0.915. The average molecular weight is 266 g/mol. The molecule has 92 valence electrons. The summed E-state index contributed by atoms with van der Waals surface area (Å²) in [6.45, 7) is 0. The zero-order valence-corrected chi connectivity index (χ0v) is 11.8. The van der Waals surface area contributed by atoms with Gasteiger partial charge in [-0.2, -0.15) is 11.8 Å². The minimum Gasteiger partial charge on any atom is -0.293 e. The molecule has 2 rings (SSSR count). The van der Waals surface area contributed by atoms with Gasteiger partial charge in [-0.05, 0) is 31.2 Å². The molecule has 1 aromatic rings. The predicted molar refractivity (Wildman–Crippen MR) is 77.3 cm³/mol. The Bertz CT molecular complexity index is 366. The van der Waals surface area contributed by atoms with Crippen molar-refractivity contribution in [3.8, 4) is 0 Å². The number of hydrogen-bond donors (Lipinski definition) is 0. The second-order valence-electron chi connectivity index (χ2n) is 4.37. The maximum atomic E-state index is 12.0. The van der Waals surface area contributed by atoms with Crippen LogP contribution in [-0.4, -0.2) is 23.0 Å². The van der Waals surface area contributed by atoms with Crippen molar-refractivity contribution >= 4 is 29.3 Å². The van der Waals surface area contributed by atoms with E-state index in [-0.39, 0.29) is 5.78 Å². The highest BCUT2D eigenvalue weighted by molar-refractivity contribution is 8.00. The first-order valence-corrected chi connectivity index (χ1v) is 8.36. The molecule has 0 N–H and O–H groups in total. The third-order valence-electron chi connectivity index (χ3n) is 3.16. The Kier molecular flexibility index (Phi) is 4.99. The molecule has 0 unspecified atom stereocenters. The molecular formula is C14H18OS2. The van der Waals surface area contributed by atoms with Gasteiger partial charge < -0.3 is 0 Å². The Morgan fingerprint density at radius 1 is 1.24 bits per heavy atom. The molecule has 0 radical (unpaired) electrons. The number of benzene rings is 1. The lowest BCUT2D eigenvalue weighted by molar-refractivity contribution is 0.102. The third kappa shape index (κ3) is 3.78. The quantitative estimate of drug-likeness (QED) is 0.585. The van der Waals surface area contributed by atoms with Gasteiger partial charge in [-0.1, -0.05) is 25.0 Å². The molecule has 1 aromatic carbocycles. The zero-order valence-electron chi connectivity index (χ0n) is 10.1. The Hall–Kier alpha value is -0.410. The summed E-state index contributed by atoms with van der Waals surface area (Å²) >= 11 is 3.55. The van der Waals surface area contributed by atoms with E-state index in [9.17, 15) is 4.79 Å². The van der Waals surface area contributed by atoms with E-state index < -0.39 is 0 Å². The van der Waals surface area contributed by atoms with Crippen LogP contribution in [0.2, 0.25) is 0 Å². The highest BCUT2D eigenvalue weighted by atomic mass is 32.2. The topological polar surface area (TPSA) is 17.1 Å². The van der Waals surface area contributed by atoms with E-state index in [2.05, 4.69) is 0 Å². The minimum absolute atomic E-state index is 0.273. The van der Waals surface area contributed by atoms with Crippen molar-refractivity contribution in [3.05, 3.63) is 29.8 Å². The Morgan fingerprint density at radius 3 is 2.47 bits per heavy atom. The molecule has 1 fully saturated rings. The first kappa shape index (κ1) is 13.0. The van der Waals surface area contributed by atoms with E-state index >= 15 is 0 Å². The maximum absolute atomic E-state index is 12.0. The highest BCUT2D eigenvalue weighted by Gasteiger charge is 2.17. The number of carbonyl (C=O) groups is 1. The number of thioether (sulfide) groups is 2. The molecular weight excluding hydrogens is 248 g/mol. The summed E-state index contributed by atoms with van der Waals surface area (Å²) in [7, 11) is 0. The summed E-state index contributed by atoms with van der Waals surface area (Å²) in [4.78, 5) is 13.2. The third-order valence-corrected chi connectivity index (χ3v) is 5.28. The molecule has 1 saturated carbocycles. The van der Waals surface area contributed by atoms with Gasteiger partial charge >= 0.3 is 0 Å². The van der Waals surface area contributed by atoms with E-state index in [4.69, 9.17) is 0 Å². The fraction of sp³-hybridized carbons (Fsp3) is 0.500. The summed E-state index contributed by atoms with van der Waals surface area (Å²) in [5, 5.41) is 0.726. The Morgan fingerprint density at radius 2 is 1.88 bits per heavy atom. The van der Waals surface area contributed by atoms with Crippen LogP contribution in [0.3, 0.4) is 0 Å². The van der Waals surface area contributed by atoms with Crippen molar-refractivity contribution < 1.29 is 4.79 Å². The largest absolute Gasteiger partial charge is 0.293 e. The molecule has 3 heteroatoms. The molecule has 0 amide bonds. The number of ketones is 1. The van der Waals surface area contributed by atoms with Crippen LogP contribution in [0.15, 0.2) is 29.2 Å². The molecule has 0 aliphatic heterocycles. The lowest BCUT2D eigenvalue weighted by atomic mass is 10.1.